The summed E-state index contributed by atoms with van der Waals surface area (Å²) < 4.78 is 3.41. The van der Waals surface area contributed by atoms with Crippen molar-refractivity contribution < 1.29 is 0 Å². The summed E-state index contributed by atoms with van der Waals surface area (Å²) in [5.41, 5.74) is 2.76. The van der Waals surface area contributed by atoms with Crippen LogP contribution in [0.5, 0.6) is 0 Å². The van der Waals surface area contributed by atoms with Gasteiger partial charge in [-0.25, -0.2) is 4.52 Å². The number of hydrogen-bond acceptors (Lipinski definition) is 2. The first-order valence-corrected chi connectivity index (χ1v) is 5.11. The number of fused-ring (bicyclic) bond motifs is 3. The highest BCUT2D eigenvalue weighted by atomic mass is 16.1. The molecule has 0 saturated heterocycles. The number of aryl methyl sites for hydroxylation is 2. The molecule has 2 heterocycles. The zero-order valence-electron chi connectivity index (χ0n) is 9.14. The molecule has 0 saturated carbocycles. The van der Waals surface area contributed by atoms with Gasteiger partial charge in [-0.3, -0.25) is 9.36 Å². The van der Waals surface area contributed by atoms with E-state index >= 15 is 0 Å². The monoisotopic (exact) mass is 213 g/mol. The average Bonchev–Trinajstić information content (AvgIpc) is 2.75. The molecule has 0 unspecified atom stereocenters. The van der Waals surface area contributed by atoms with Crippen LogP contribution in [0.2, 0.25) is 0 Å². The molecule has 16 heavy (non-hydrogen) atoms. The Morgan fingerprint density at radius 3 is 2.88 bits per heavy atom. The third kappa shape index (κ3) is 1.04. The van der Waals surface area contributed by atoms with Gasteiger partial charge in [0.25, 0.3) is 5.56 Å². The maximum atomic E-state index is 12.1. The van der Waals surface area contributed by atoms with Gasteiger partial charge in [-0.2, -0.15) is 5.10 Å². The predicted molar refractivity (Wildman–Crippen MR) is 62.7 cm³/mol. The summed E-state index contributed by atoms with van der Waals surface area (Å²) in [6.45, 7) is 1.98. The summed E-state index contributed by atoms with van der Waals surface area (Å²) in [6.07, 6.45) is 1.70. The molecule has 4 heteroatoms. The minimum Gasteiger partial charge on any atom is -0.296 e. The number of hydrogen-bond donors (Lipinski definition) is 0. The van der Waals surface area contributed by atoms with Crippen molar-refractivity contribution >= 4 is 16.6 Å². The molecule has 0 amide bonds. The number of aromatic nitrogens is 3. The van der Waals surface area contributed by atoms with E-state index in [2.05, 4.69) is 5.10 Å². The Kier molecular flexibility index (Phi) is 1.68. The molecule has 80 valence electrons. The second-order valence-corrected chi connectivity index (χ2v) is 3.99. The molecule has 0 bridgehead atoms. The van der Waals surface area contributed by atoms with Gasteiger partial charge in [-0.15, -0.1) is 0 Å². The molecule has 0 spiro atoms. The first-order chi connectivity index (χ1) is 7.68. The summed E-state index contributed by atoms with van der Waals surface area (Å²) in [5, 5.41) is 4.94. The highest BCUT2D eigenvalue weighted by Gasteiger charge is 2.08. The molecule has 1 aromatic carbocycles. The van der Waals surface area contributed by atoms with E-state index in [1.165, 1.54) is 0 Å². The fourth-order valence-electron chi connectivity index (χ4n) is 2.03. The third-order valence-electron chi connectivity index (χ3n) is 2.88. The molecule has 0 fully saturated rings. The van der Waals surface area contributed by atoms with E-state index in [0.717, 1.165) is 16.7 Å². The van der Waals surface area contributed by atoms with Crippen LogP contribution in [0.4, 0.5) is 0 Å². The lowest BCUT2D eigenvalue weighted by Crippen LogP contribution is -2.19. The molecule has 4 nitrogen and oxygen atoms in total. The van der Waals surface area contributed by atoms with Crippen molar-refractivity contribution in [3.05, 3.63) is 46.4 Å². The van der Waals surface area contributed by atoms with Gasteiger partial charge < -0.3 is 0 Å². The van der Waals surface area contributed by atoms with Crippen LogP contribution < -0.4 is 5.56 Å². The Hall–Kier alpha value is -2.10. The molecule has 0 aliphatic rings. The van der Waals surface area contributed by atoms with Crippen molar-refractivity contribution in [1.82, 2.24) is 14.2 Å². The fourth-order valence-corrected chi connectivity index (χ4v) is 2.03. The Morgan fingerprint density at radius 1 is 1.25 bits per heavy atom. The second kappa shape index (κ2) is 2.95. The van der Waals surface area contributed by atoms with Crippen LogP contribution in [0.15, 0.2) is 35.3 Å². The Bertz CT molecular complexity index is 752. The van der Waals surface area contributed by atoms with E-state index in [-0.39, 0.29) is 5.56 Å². The van der Waals surface area contributed by atoms with Gasteiger partial charge in [-0.05, 0) is 19.1 Å². The van der Waals surface area contributed by atoms with Crippen LogP contribution in [0.3, 0.4) is 0 Å². The quantitative estimate of drug-likeness (QED) is 0.567. The first-order valence-electron chi connectivity index (χ1n) is 5.11. The third-order valence-corrected chi connectivity index (χ3v) is 2.88. The van der Waals surface area contributed by atoms with Crippen LogP contribution in [-0.4, -0.2) is 14.2 Å². The molecule has 0 N–H and O–H groups in total. The molecule has 3 aromatic rings. The van der Waals surface area contributed by atoms with Gasteiger partial charge in [0.15, 0.2) is 0 Å². The van der Waals surface area contributed by atoms with Crippen molar-refractivity contribution in [2.45, 2.75) is 6.92 Å². The fraction of sp³-hybridized carbons (Fsp3) is 0.167. The molecule has 3 rings (SSSR count). The smallest absolute Gasteiger partial charge is 0.261 e. The summed E-state index contributed by atoms with van der Waals surface area (Å²) in [5.74, 6) is 0. The highest BCUT2D eigenvalue weighted by Crippen LogP contribution is 2.13. The summed E-state index contributed by atoms with van der Waals surface area (Å²) >= 11 is 0. The van der Waals surface area contributed by atoms with Crippen molar-refractivity contribution in [2.75, 3.05) is 0 Å². The molecule has 0 radical (unpaired) electrons. The summed E-state index contributed by atoms with van der Waals surface area (Å²) in [6, 6.07) is 7.66. The maximum absolute atomic E-state index is 12.1. The molecule has 0 aliphatic carbocycles. The molecule has 0 atom stereocenters. The number of rotatable bonds is 0. The Labute approximate surface area is 91.7 Å². The number of nitrogens with zero attached hydrogens (tertiary/aromatic N) is 3. The van der Waals surface area contributed by atoms with Crippen molar-refractivity contribution in [3.63, 3.8) is 0 Å². The first kappa shape index (κ1) is 9.15. The highest BCUT2D eigenvalue weighted by molar-refractivity contribution is 5.81. The van der Waals surface area contributed by atoms with Gasteiger partial charge in [0, 0.05) is 13.1 Å². The zero-order chi connectivity index (χ0) is 11.3. The van der Waals surface area contributed by atoms with Gasteiger partial charge >= 0.3 is 0 Å². The largest absolute Gasteiger partial charge is 0.296 e. The van der Waals surface area contributed by atoms with E-state index in [1.807, 2.05) is 31.2 Å². The van der Waals surface area contributed by atoms with Gasteiger partial charge in [-0.1, -0.05) is 11.6 Å². The molecular weight excluding hydrogens is 202 g/mol. The SMILES string of the molecule is Cc1ccc2c(c1)c(=O)n(C)c1ccnn21. The van der Waals surface area contributed by atoms with Crippen molar-refractivity contribution in [3.8, 4) is 0 Å². The minimum atomic E-state index is 0.0201. The second-order valence-electron chi connectivity index (χ2n) is 3.99. The standard InChI is InChI=1S/C12H11N3O/c1-8-3-4-10-9(7-8)12(16)14(2)11-5-6-13-15(10)11/h3-7H,1-2H3. The lowest BCUT2D eigenvalue weighted by molar-refractivity contribution is 0.849. The Morgan fingerprint density at radius 2 is 2.06 bits per heavy atom. The summed E-state index contributed by atoms with van der Waals surface area (Å²) in [7, 11) is 1.76. The summed E-state index contributed by atoms with van der Waals surface area (Å²) in [4.78, 5) is 12.1. The van der Waals surface area contributed by atoms with E-state index in [0.29, 0.717) is 5.39 Å². The van der Waals surface area contributed by atoms with E-state index in [4.69, 9.17) is 0 Å². The van der Waals surface area contributed by atoms with Crippen molar-refractivity contribution in [1.29, 1.82) is 0 Å². The van der Waals surface area contributed by atoms with E-state index in [9.17, 15) is 4.79 Å². The number of benzene rings is 1. The van der Waals surface area contributed by atoms with Gasteiger partial charge in [0.1, 0.15) is 5.65 Å². The van der Waals surface area contributed by atoms with E-state index < -0.39 is 0 Å². The van der Waals surface area contributed by atoms with Crippen LogP contribution in [0, 0.1) is 6.92 Å². The lowest BCUT2D eigenvalue weighted by Gasteiger charge is -2.06. The molecule has 0 aliphatic heterocycles. The topological polar surface area (TPSA) is 39.3 Å². The zero-order valence-corrected chi connectivity index (χ0v) is 9.14. The van der Waals surface area contributed by atoms with Crippen LogP contribution in [0.25, 0.3) is 16.6 Å². The van der Waals surface area contributed by atoms with Crippen molar-refractivity contribution in [2.24, 2.45) is 7.05 Å². The van der Waals surface area contributed by atoms with Crippen LogP contribution in [0.1, 0.15) is 5.56 Å². The molecule has 2 aromatic heterocycles. The Balaban J connectivity index is 2.71. The maximum Gasteiger partial charge on any atom is 0.261 e. The normalized spacial score (nSPS) is 11.4. The van der Waals surface area contributed by atoms with Crippen LogP contribution in [-0.2, 0) is 7.05 Å². The average molecular weight is 213 g/mol. The predicted octanol–water partition coefficient (Wildman–Crippen LogP) is 1.49. The molecular formula is C12H11N3O. The van der Waals surface area contributed by atoms with Crippen LogP contribution >= 0.6 is 0 Å². The van der Waals surface area contributed by atoms with Gasteiger partial charge in [0.05, 0.1) is 17.1 Å². The van der Waals surface area contributed by atoms with Gasteiger partial charge in [0.2, 0.25) is 0 Å². The lowest BCUT2D eigenvalue weighted by atomic mass is 10.2. The minimum absolute atomic E-state index is 0.0201. The van der Waals surface area contributed by atoms with E-state index in [1.54, 1.807) is 22.3 Å².